The van der Waals surface area contributed by atoms with Gasteiger partial charge in [-0.3, -0.25) is 0 Å². The zero-order valence-corrected chi connectivity index (χ0v) is 10.3. The maximum absolute atomic E-state index is 13.0. The lowest BCUT2D eigenvalue weighted by molar-refractivity contribution is 0.315. The van der Waals surface area contributed by atoms with Gasteiger partial charge in [0, 0.05) is 11.0 Å². The Kier molecular flexibility index (Phi) is 4.70. The van der Waals surface area contributed by atoms with E-state index in [1.807, 2.05) is 0 Å². The molecule has 4 nitrogen and oxygen atoms in total. The van der Waals surface area contributed by atoms with Gasteiger partial charge in [0.05, 0.1) is 6.04 Å². The molecule has 0 bridgehead atoms. The van der Waals surface area contributed by atoms with Crippen molar-refractivity contribution in [3.63, 3.8) is 0 Å². The largest absolute Gasteiger partial charge is 0.409 e. The molecule has 1 aromatic carbocycles. The second-order valence-electron chi connectivity index (χ2n) is 3.36. The number of rotatable bonds is 4. The fourth-order valence-electron chi connectivity index (χ4n) is 1.13. The van der Waals surface area contributed by atoms with Crippen LogP contribution < -0.4 is 11.1 Å². The summed E-state index contributed by atoms with van der Waals surface area (Å²) in [7, 11) is 0. The highest BCUT2D eigenvalue weighted by molar-refractivity contribution is 9.10. The lowest BCUT2D eigenvalue weighted by Crippen LogP contribution is -2.38. The number of nitrogens with two attached hydrogens (primary N) is 1. The summed E-state index contributed by atoms with van der Waals surface area (Å²) in [4.78, 5) is 0. The molecule has 6 heteroatoms. The van der Waals surface area contributed by atoms with Crippen LogP contribution in [0.5, 0.6) is 0 Å². The molecule has 0 heterocycles. The van der Waals surface area contributed by atoms with Crippen molar-refractivity contribution in [1.29, 1.82) is 0 Å². The molecule has 0 aliphatic carbocycles. The summed E-state index contributed by atoms with van der Waals surface area (Å²) < 4.78 is 13.8. The van der Waals surface area contributed by atoms with Crippen LogP contribution >= 0.6 is 15.9 Å². The predicted octanol–water partition coefficient (Wildman–Crippen LogP) is 1.81. The highest BCUT2D eigenvalue weighted by Gasteiger charge is 2.08. The molecule has 1 aromatic rings. The van der Waals surface area contributed by atoms with Gasteiger partial charge < -0.3 is 16.3 Å². The Hall–Kier alpha value is -1.14. The molecule has 1 unspecified atom stereocenters. The van der Waals surface area contributed by atoms with Gasteiger partial charge in [0.25, 0.3) is 0 Å². The van der Waals surface area contributed by atoms with Crippen LogP contribution in [-0.4, -0.2) is 17.1 Å². The smallest absolute Gasteiger partial charge is 0.156 e. The molecule has 0 aliphatic rings. The fraction of sp³-hybridized carbons (Fsp3) is 0.300. The van der Waals surface area contributed by atoms with Crippen molar-refractivity contribution in [2.75, 3.05) is 0 Å². The van der Waals surface area contributed by atoms with Gasteiger partial charge in [-0.05, 0) is 30.7 Å². The topological polar surface area (TPSA) is 70.6 Å². The molecule has 0 saturated heterocycles. The minimum atomic E-state index is -0.295. The molecular formula is C10H13BrFN3O. The van der Waals surface area contributed by atoms with Gasteiger partial charge >= 0.3 is 0 Å². The van der Waals surface area contributed by atoms with Gasteiger partial charge in [-0.2, -0.15) is 0 Å². The minimum Gasteiger partial charge on any atom is -0.409 e. The van der Waals surface area contributed by atoms with Crippen molar-refractivity contribution >= 4 is 21.8 Å². The van der Waals surface area contributed by atoms with E-state index >= 15 is 0 Å². The zero-order chi connectivity index (χ0) is 12.1. The Labute approximate surface area is 101 Å². The summed E-state index contributed by atoms with van der Waals surface area (Å²) >= 11 is 3.32. The maximum Gasteiger partial charge on any atom is 0.156 e. The van der Waals surface area contributed by atoms with Crippen molar-refractivity contribution in [3.8, 4) is 0 Å². The molecular weight excluding hydrogens is 277 g/mol. The molecule has 0 amide bonds. The van der Waals surface area contributed by atoms with E-state index in [1.54, 1.807) is 13.0 Å². The van der Waals surface area contributed by atoms with Crippen molar-refractivity contribution in [1.82, 2.24) is 5.32 Å². The second kappa shape index (κ2) is 5.81. The molecule has 0 aromatic heterocycles. The quantitative estimate of drug-likeness (QED) is 0.343. The van der Waals surface area contributed by atoms with Gasteiger partial charge in [-0.1, -0.05) is 21.1 Å². The number of amidine groups is 1. The summed E-state index contributed by atoms with van der Waals surface area (Å²) in [5.74, 6) is -0.205. The lowest BCUT2D eigenvalue weighted by atomic mass is 10.2. The number of halogens is 2. The van der Waals surface area contributed by atoms with Gasteiger partial charge in [-0.25, -0.2) is 4.39 Å². The third-order valence-electron chi connectivity index (χ3n) is 2.17. The van der Waals surface area contributed by atoms with Gasteiger partial charge in [0.1, 0.15) is 5.82 Å². The summed E-state index contributed by atoms with van der Waals surface area (Å²) in [5, 5.41) is 14.3. The normalized spacial score (nSPS) is 13.8. The van der Waals surface area contributed by atoms with E-state index in [9.17, 15) is 4.39 Å². The molecule has 0 fully saturated rings. The second-order valence-corrected chi connectivity index (χ2v) is 4.22. The number of nitrogens with one attached hydrogen (secondary N) is 1. The molecule has 88 valence electrons. The van der Waals surface area contributed by atoms with Crippen LogP contribution in [-0.2, 0) is 6.54 Å². The van der Waals surface area contributed by atoms with E-state index in [-0.39, 0.29) is 17.7 Å². The molecule has 4 N–H and O–H groups in total. The van der Waals surface area contributed by atoms with E-state index in [1.165, 1.54) is 12.1 Å². The molecule has 16 heavy (non-hydrogen) atoms. The molecule has 1 rings (SSSR count). The molecule has 0 radical (unpaired) electrons. The first kappa shape index (κ1) is 12.9. The van der Waals surface area contributed by atoms with Crippen LogP contribution in [0, 0.1) is 5.82 Å². The van der Waals surface area contributed by atoms with E-state index in [0.29, 0.717) is 6.54 Å². The van der Waals surface area contributed by atoms with Crippen LogP contribution in [0.25, 0.3) is 0 Å². The maximum atomic E-state index is 13.0. The average molecular weight is 290 g/mol. The Morgan fingerprint density at radius 2 is 2.38 bits per heavy atom. The van der Waals surface area contributed by atoms with Crippen LogP contribution in [0.1, 0.15) is 12.5 Å². The summed E-state index contributed by atoms with van der Waals surface area (Å²) in [6, 6.07) is 4.16. The van der Waals surface area contributed by atoms with Gasteiger partial charge in [0.15, 0.2) is 5.84 Å². The Balaban J connectivity index is 2.64. The lowest BCUT2D eigenvalue weighted by Gasteiger charge is -2.12. The third kappa shape index (κ3) is 3.46. The SMILES string of the molecule is CC(NCc1cc(F)ccc1Br)C(N)=NO. The van der Waals surface area contributed by atoms with E-state index in [0.717, 1.165) is 10.0 Å². The van der Waals surface area contributed by atoms with Crippen molar-refractivity contribution < 1.29 is 9.60 Å². The van der Waals surface area contributed by atoms with E-state index in [4.69, 9.17) is 10.9 Å². The highest BCUT2D eigenvalue weighted by atomic mass is 79.9. The zero-order valence-electron chi connectivity index (χ0n) is 8.74. The molecule has 0 spiro atoms. The van der Waals surface area contributed by atoms with E-state index < -0.39 is 0 Å². The summed E-state index contributed by atoms with van der Waals surface area (Å²) in [5.41, 5.74) is 6.18. The molecule has 1 atom stereocenters. The highest BCUT2D eigenvalue weighted by Crippen LogP contribution is 2.17. The number of nitrogens with zero attached hydrogens (tertiary/aromatic N) is 1. The standard InChI is InChI=1S/C10H13BrFN3O/c1-6(10(13)15-16)14-5-7-4-8(12)2-3-9(7)11/h2-4,6,14,16H,5H2,1H3,(H2,13,15). The number of oxime groups is 1. The van der Waals surface area contributed by atoms with Gasteiger partial charge in [0.2, 0.25) is 0 Å². The first-order chi connectivity index (χ1) is 7.54. The number of hydrogen-bond acceptors (Lipinski definition) is 3. The van der Waals surface area contributed by atoms with Crippen LogP contribution in [0.15, 0.2) is 27.8 Å². The van der Waals surface area contributed by atoms with Crippen LogP contribution in [0.4, 0.5) is 4.39 Å². The monoisotopic (exact) mass is 289 g/mol. The first-order valence-corrected chi connectivity index (χ1v) is 5.48. The van der Waals surface area contributed by atoms with Crippen LogP contribution in [0.3, 0.4) is 0 Å². The summed E-state index contributed by atoms with van der Waals surface area (Å²) in [6.07, 6.45) is 0. The average Bonchev–Trinajstić information content (AvgIpc) is 2.28. The molecule has 0 aliphatic heterocycles. The third-order valence-corrected chi connectivity index (χ3v) is 2.94. The molecule has 0 saturated carbocycles. The fourth-order valence-corrected chi connectivity index (χ4v) is 1.52. The first-order valence-electron chi connectivity index (χ1n) is 4.69. The minimum absolute atomic E-state index is 0.0903. The predicted molar refractivity (Wildman–Crippen MR) is 63.8 cm³/mol. The Morgan fingerprint density at radius 3 is 3.00 bits per heavy atom. The van der Waals surface area contributed by atoms with Crippen molar-refractivity contribution in [3.05, 3.63) is 34.1 Å². The Morgan fingerprint density at radius 1 is 1.69 bits per heavy atom. The number of hydrogen-bond donors (Lipinski definition) is 3. The van der Waals surface area contributed by atoms with Gasteiger partial charge in [-0.15, -0.1) is 0 Å². The van der Waals surface area contributed by atoms with Crippen molar-refractivity contribution in [2.24, 2.45) is 10.9 Å². The Bertz CT molecular complexity index is 398. The van der Waals surface area contributed by atoms with Crippen molar-refractivity contribution in [2.45, 2.75) is 19.5 Å². The van der Waals surface area contributed by atoms with E-state index in [2.05, 4.69) is 26.4 Å². The number of benzene rings is 1. The van der Waals surface area contributed by atoms with Crippen LogP contribution in [0.2, 0.25) is 0 Å². The summed E-state index contributed by atoms with van der Waals surface area (Å²) in [6.45, 7) is 2.18.